The molecular weight excluding hydrogens is 707 g/mol. The summed E-state index contributed by atoms with van der Waals surface area (Å²) in [6, 6.07) is -0.714. The summed E-state index contributed by atoms with van der Waals surface area (Å²) >= 11 is 0. The van der Waals surface area contributed by atoms with Gasteiger partial charge in [-0.1, -0.05) is 236 Å². The van der Waals surface area contributed by atoms with Gasteiger partial charge in [0.15, 0.2) is 0 Å². The predicted octanol–water partition coefficient (Wildman–Crippen LogP) is 14.1. The molecule has 0 heterocycles. The second-order valence-corrected chi connectivity index (χ2v) is 16.3. The van der Waals surface area contributed by atoms with E-state index in [4.69, 9.17) is 4.74 Å². The van der Waals surface area contributed by atoms with Gasteiger partial charge in [0.05, 0.1) is 25.2 Å². The van der Waals surface area contributed by atoms with Gasteiger partial charge < -0.3 is 20.3 Å². The second kappa shape index (κ2) is 44.7. The Morgan fingerprint density at radius 1 is 0.526 bits per heavy atom. The second-order valence-electron chi connectivity index (χ2n) is 16.3. The van der Waals surface area contributed by atoms with Crippen LogP contribution in [0.4, 0.5) is 0 Å². The van der Waals surface area contributed by atoms with E-state index in [1.165, 1.54) is 122 Å². The van der Waals surface area contributed by atoms with Crippen LogP contribution in [0.1, 0.15) is 226 Å². The van der Waals surface area contributed by atoms with Gasteiger partial charge >= 0.3 is 5.97 Å². The van der Waals surface area contributed by atoms with E-state index in [0.29, 0.717) is 25.7 Å². The molecule has 0 aromatic rings. The first kappa shape index (κ1) is 54.6. The van der Waals surface area contributed by atoms with E-state index in [9.17, 15) is 19.8 Å². The molecule has 0 rings (SSSR count). The quantitative estimate of drug-likeness (QED) is 0.0325. The van der Waals surface area contributed by atoms with Gasteiger partial charge in [-0.05, 0) is 38.5 Å². The van der Waals surface area contributed by atoms with Crippen LogP contribution < -0.4 is 5.32 Å². The zero-order valence-electron chi connectivity index (χ0n) is 37.5. The summed E-state index contributed by atoms with van der Waals surface area (Å²) in [6.45, 7) is 6.30. The fourth-order valence-corrected chi connectivity index (χ4v) is 7.11. The van der Waals surface area contributed by atoms with E-state index in [2.05, 4.69) is 32.2 Å². The first-order valence-corrected chi connectivity index (χ1v) is 24.1. The van der Waals surface area contributed by atoms with Crippen LogP contribution in [0, 0.1) is 0 Å². The molecule has 0 aliphatic heterocycles. The number of carbonyl (C=O) groups excluding carboxylic acids is 2. The van der Waals surface area contributed by atoms with E-state index < -0.39 is 18.2 Å². The zero-order chi connectivity index (χ0) is 41.7. The summed E-state index contributed by atoms with van der Waals surface area (Å²) < 4.78 is 5.85. The van der Waals surface area contributed by atoms with Crippen LogP contribution in [0.5, 0.6) is 0 Å². The minimum Gasteiger partial charge on any atom is -0.462 e. The maximum atomic E-state index is 13.1. The number of hydrogen-bond donors (Lipinski definition) is 3. The number of aliphatic hydroxyl groups excluding tert-OH is 2. The maximum absolute atomic E-state index is 13.1. The van der Waals surface area contributed by atoms with Gasteiger partial charge in [-0.3, -0.25) is 9.59 Å². The number of amides is 1. The van der Waals surface area contributed by atoms with Crippen LogP contribution in [-0.4, -0.2) is 46.9 Å². The van der Waals surface area contributed by atoms with Crippen molar-refractivity contribution in [3.05, 3.63) is 60.8 Å². The Hall–Kier alpha value is -2.44. The summed E-state index contributed by atoms with van der Waals surface area (Å²) in [5.74, 6) is -0.565. The normalized spacial score (nSPS) is 13.8. The van der Waals surface area contributed by atoms with Crippen LogP contribution in [0.3, 0.4) is 0 Å². The Labute approximate surface area is 352 Å². The number of ether oxygens (including phenoxy) is 1. The van der Waals surface area contributed by atoms with Gasteiger partial charge in [0, 0.05) is 6.42 Å². The van der Waals surface area contributed by atoms with Crippen molar-refractivity contribution in [2.75, 3.05) is 6.61 Å². The molecule has 6 heteroatoms. The molecule has 3 N–H and O–H groups in total. The van der Waals surface area contributed by atoms with E-state index in [1.54, 1.807) is 0 Å². The van der Waals surface area contributed by atoms with Gasteiger partial charge in [-0.2, -0.15) is 0 Å². The largest absolute Gasteiger partial charge is 0.462 e. The van der Waals surface area contributed by atoms with Crippen molar-refractivity contribution in [2.45, 2.75) is 244 Å². The molecule has 0 fully saturated rings. The highest BCUT2D eigenvalue weighted by atomic mass is 16.5. The van der Waals surface area contributed by atoms with Gasteiger partial charge in [-0.25, -0.2) is 0 Å². The highest BCUT2D eigenvalue weighted by Gasteiger charge is 2.24. The number of aliphatic hydroxyl groups is 2. The summed E-state index contributed by atoms with van der Waals surface area (Å²) in [5, 5.41) is 23.7. The lowest BCUT2D eigenvalue weighted by atomic mass is 10.0. The van der Waals surface area contributed by atoms with Crippen molar-refractivity contribution >= 4 is 11.9 Å². The molecule has 0 bridgehead atoms. The topological polar surface area (TPSA) is 95.9 Å². The van der Waals surface area contributed by atoms with Gasteiger partial charge in [0.2, 0.25) is 5.91 Å². The lowest BCUT2D eigenvalue weighted by molar-refractivity contribution is -0.151. The van der Waals surface area contributed by atoms with Crippen molar-refractivity contribution in [1.29, 1.82) is 0 Å². The molecule has 57 heavy (non-hydrogen) atoms. The summed E-state index contributed by atoms with van der Waals surface area (Å²) in [4.78, 5) is 25.9. The molecule has 0 aromatic heterocycles. The van der Waals surface area contributed by atoms with Crippen LogP contribution >= 0.6 is 0 Å². The lowest BCUT2D eigenvalue weighted by Gasteiger charge is -2.24. The van der Waals surface area contributed by atoms with E-state index in [1.807, 2.05) is 54.7 Å². The third-order valence-electron chi connectivity index (χ3n) is 10.7. The molecule has 3 atom stereocenters. The number of rotatable bonds is 42. The SMILES string of the molecule is CC/C=C/C=C/C=C\C=C/C=C/CCCC(=O)OC(CCCCCCCCCC)CC(=O)NC(CO)C(O)CCCCCCCCCCCCCCCCCCC. The molecule has 0 spiro atoms. The van der Waals surface area contributed by atoms with Crippen LogP contribution in [0.15, 0.2) is 60.8 Å². The molecule has 330 valence electrons. The average Bonchev–Trinajstić information content (AvgIpc) is 3.20. The molecular formula is C51H91NO5. The molecule has 6 nitrogen and oxygen atoms in total. The van der Waals surface area contributed by atoms with Crippen LogP contribution in [-0.2, 0) is 14.3 Å². The Morgan fingerprint density at radius 3 is 1.37 bits per heavy atom. The molecule has 0 aromatic carbocycles. The molecule has 1 amide bonds. The summed E-state index contributed by atoms with van der Waals surface area (Å²) in [5.41, 5.74) is 0. The number of allylic oxidation sites excluding steroid dienone is 10. The van der Waals surface area contributed by atoms with Crippen molar-refractivity contribution in [2.24, 2.45) is 0 Å². The molecule has 0 saturated carbocycles. The lowest BCUT2D eigenvalue weighted by Crippen LogP contribution is -2.46. The highest BCUT2D eigenvalue weighted by molar-refractivity contribution is 5.77. The maximum Gasteiger partial charge on any atom is 0.306 e. The first-order valence-electron chi connectivity index (χ1n) is 24.1. The number of unbranched alkanes of at least 4 members (excludes halogenated alkanes) is 24. The van der Waals surface area contributed by atoms with Crippen molar-refractivity contribution < 1.29 is 24.5 Å². The van der Waals surface area contributed by atoms with Crippen molar-refractivity contribution in [3.8, 4) is 0 Å². The zero-order valence-corrected chi connectivity index (χ0v) is 37.5. The number of carbonyl (C=O) groups is 2. The van der Waals surface area contributed by atoms with Crippen LogP contribution in [0.25, 0.3) is 0 Å². The van der Waals surface area contributed by atoms with E-state index in [0.717, 1.165) is 51.4 Å². The number of hydrogen-bond acceptors (Lipinski definition) is 5. The smallest absolute Gasteiger partial charge is 0.306 e. The number of esters is 1. The monoisotopic (exact) mass is 798 g/mol. The summed E-state index contributed by atoms with van der Waals surface area (Å²) in [7, 11) is 0. The average molecular weight is 798 g/mol. The third-order valence-corrected chi connectivity index (χ3v) is 10.7. The molecule has 0 aliphatic carbocycles. The van der Waals surface area contributed by atoms with Crippen molar-refractivity contribution in [3.63, 3.8) is 0 Å². The molecule has 3 unspecified atom stereocenters. The number of nitrogens with one attached hydrogen (secondary N) is 1. The predicted molar refractivity (Wildman–Crippen MR) is 245 cm³/mol. The Bertz CT molecular complexity index is 1030. The fraction of sp³-hybridized carbons (Fsp3) is 0.765. The third kappa shape index (κ3) is 40.1. The summed E-state index contributed by atoms with van der Waals surface area (Å²) in [6.07, 6.45) is 54.4. The Balaban J connectivity index is 4.49. The first-order chi connectivity index (χ1) is 28.0. The van der Waals surface area contributed by atoms with Crippen molar-refractivity contribution in [1.82, 2.24) is 5.32 Å². The van der Waals surface area contributed by atoms with E-state index >= 15 is 0 Å². The van der Waals surface area contributed by atoms with Gasteiger partial charge in [0.25, 0.3) is 0 Å². The van der Waals surface area contributed by atoms with E-state index in [-0.39, 0.29) is 24.9 Å². The highest BCUT2D eigenvalue weighted by Crippen LogP contribution is 2.17. The van der Waals surface area contributed by atoms with Gasteiger partial charge in [0.1, 0.15) is 6.10 Å². The van der Waals surface area contributed by atoms with Gasteiger partial charge in [-0.15, -0.1) is 0 Å². The minimum absolute atomic E-state index is 0.0485. The standard InChI is InChI=1S/C51H91NO5/c1-4-7-10-13-16-19-21-23-24-25-26-28-29-31-34-37-40-43-49(54)48(46-53)52-50(55)45-47(42-39-36-33-18-15-12-9-6-3)57-51(56)44-41-38-35-32-30-27-22-20-17-14-11-8-5-2/h8,11,14,17,20,22,27,30,32,35,47-49,53-54H,4-7,9-10,12-13,15-16,18-19,21,23-26,28-29,31,33-34,36-46H2,1-3H3,(H,52,55)/b11-8+,17-14+,22-20-,30-27-,35-32+. The molecule has 0 aliphatic rings. The molecule has 0 saturated heterocycles. The fourth-order valence-electron chi connectivity index (χ4n) is 7.11. The molecule has 0 radical (unpaired) electrons. The minimum atomic E-state index is -0.798. The Kier molecular flexibility index (Phi) is 42.7. The van der Waals surface area contributed by atoms with Crippen LogP contribution in [0.2, 0.25) is 0 Å². The Morgan fingerprint density at radius 2 is 0.930 bits per heavy atom.